The van der Waals surface area contributed by atoms with Gasteiger partial charge in [0.2, 0.25) is 5.91 Å². The van der Waals surface area contributed by atoms with Crippen LogP contribution in [-0.2, 0) is 14.4 Å². The molecule has 7 heteroatoms. The minimum absolute atomic E-state index is 0.00482. The van der Waals surface area contributed by atoms with Gasteiger partial charge in [0.1, 0.15) is 18.9 Å². The third-order valence-corrected chi connectivity index (χ3v) is 4.96. The number of ketones is 1. The number of nitrogens with one attached hydrogen (secondary N) is 1. The average molecular weight is 407 g/mol. The molecule has 3 rings (SSSR count). The summed E-state index contributed by atoms with van der Waals surface area (Å²) in [6.07, 6.45) is 0.556. The van der Waals surface area contributed by atoms with Crippen molar-refractivity contribution in [3.63, 3.8) is 0 Å². The SMILES string of the molecule is CON=C1C[C@@H](C(=O)NCCC(C)=O)N(C(=O)c2ccc(-c3ccccc3)cc2)C1. The number of hydrogen-bond donors (Lipinski definition) is 1. The molecule has 2 aromatic carbocycles. The molecular weight excluding hydrogens is 382 g/mol. The van der Waals surface area contributed by atoms with Crippen molar-refractivity contribution in [2.24, 2.45) is 5.16 Å². The van der Waals surface area contributed by atoms with Gasteiger partial charge in [0.05, 0.1) is 12.3 Å². The lowest BCUT2D eigenvalue weighted by Gasteiger charge is -2.23. The van der Waals surface area contributed by atoms with E-state index in [-0.39, 0.29) is 37.1 Å². The van der Waals surface area contributed by atoms with E-state index in [1.54, 1.807) is 12.1 Å². The number of carbonyl (C=O) groups is 3. The molecule has 0 spiro atoms. The minimum atomic E-state index is -0.688. The van der Waals surface area contributed by atoms with Crippen molar-refractivity contribution in [1.29, 1.82) is 0 Å². The Balaban J connectivity index is 1.76. The molecule has 0 bridgehead atoms. The van der Waals surface area contributed by atoms with E-state index in [4.69, 9.17) is 4.84 Å². The van der Waals surface area contributed by atoms with Crippen LogP contribution in [0.4, 0.5) is 0 Å². The Bertz CT molecular complexity index is 939. The Morgan fingerprint density at radius 2 is 1.73 bits per heavy atom. The lowest BCUT2D eigenvalue weighted by Crippen LogP contribution is -2.46. The molecule has 1 fully saturated rings. The molecule has 2 amide bonds. The van der Waals surface area contributed by atoms with Gasteiger partial charge in [-0.2, -0.15) is 0 Å². The molecule has 7 nitrogen and oxygen atoms in total. The number of rotatable bonds is 7. The number of Topliss-reactive ketones (excluding diaryl/α,β-unsaturated/α-hetero) is 1. The quantitative estimate of drug-likeness (QED) is 0.715. The second-order valence-corrected chi connectivity index (χ2v) is 7.18. The molecule has 2 aromatic rings. The molecule has 0 radical (unpaired) electrons. The first-order valence-corrected chi connectivity index (χ1v) is 9.82. The third-order valence-electron chi connectivity index (χ3n) is 4.96. The van der Waals surface area contributed by atoms with Gasteiger partial charge in [-0.25, -0.2) is 0 Å². The third kappa shape index (κ3) is 5.11. The summed E-state index contributed by atoms with van der Waals surface area (Å²) >= 11 is 0. The van der Waals surface area contributed by atoms with Crippen molar-refractivity contribution in [2.75, 3.05) is 20.2 Å². The van der Waals surface area contributed by atoms with Gasteiger partial charge in [0.15, 0.2) is 0 Å². The molecule has 1 aliphatic heterocycles. The van der Waals surface area contributed by atoms with Crippen LogP contribution in [0.15, 0.2) is 59.8 Å². The Labute approximate surface area is 175 Å². The highest BCUT2D eigenvalue weighted by atomic mass is 16.6. The van der Waals surface area contributed by atoms with Crippen LogP contribution < -0.4 is 5.32 Å². The summed E-state index contributed by atoms with van der Waals surface area (Å²) in [5, 5.41) is 6.67. The Morgan fingerprint density at radius 3 is 2.37 bits per heavy atom. The van der Waals surface area contributed by atoms with E-state index in [1.165, 1.54) is 18.9 Å². The van der Waals surface area contributed by atoms with Crippen LogP contribution in [0.2, 0.25) is 0 Å². The van der Waals surface area contributed by atoms with Crippen LogP contribution in [0, 0.1) is 0 Å². The zero-order valence-electron chi connectivity index (χ0n) is 17.1. The minimum Gasteiger partial charge on any atom is -0.399 e. The molecule has 1 aliphatic rings. The van der Waals surface area contributed by atoms with Crippen LogP contribution >= 0.6 is 0 Å². The summed E-state index contributed by atoms with van der Waals surface area (Å²) in [5.41, 5.74) is 3.19. The van der Waals surface area contributed by atoms with Crippen LogP contribution in [-0.4, -0.2) is 54.5 Å². The number of benzene rings is 2. The van der Waals surface area contributed by atoms with E-state index in [2.05, 4.69) is 10.5 Å². The van der Waals surface area contributed by atoms with Crippen molar-refractivity contribution < 1.29 is 19.2 Å². The van der Waals surface area contributed by atoms with Crippen LogP contribution in [0.25, 0.3) is 11.1 Å². The largest absolute Gasteiger partial charge is 0.399 e. The van der Waals surface area contributed by atoms with Gasteiger partial charge in [-0.1, -0.05) is 47.6 Å². The molecule has 1 atom stereocenters. The van der Waals surface area contributed by atoms with Crippen molar-refractivity contribution in [3.05, 3.63) is 60.2 Å². The van der Waals surface area contributed by atoms with Gasteiger partial charge in [-0.3, -0.25) is 14.4 Å². The van der Waals surface area contributed by atoms with Crippen LogP contribution in [0.3, 0.4) is 0 Å². The summed E-state index contributed by atoms with van der Waals surface area (Å²) in [6.45, 7) is 1.94. The molecule has 0 aliphatic carbocycles. The first kappa shape index (κ1) is 21.2. The fourth-order valence-electron chi connectivity index (χ4n) is 3.43. The predicted molar refractivity (Wildman–Crippen MR) is 114 cm³/mol. The molecule has 156 valence electrons. The summed E-state index contributed by atoms with van der Waals surface area (Å²) in [6, 6.07) is 16.5. The van der Waals surface area contributed by atoms with Gasteiger partial charge in [-0.15, -0.1) is 0 Å². The van der Waals surface area contributed by atoms with E-state index in [0.717, 1.165) is 11.1 Å². The van der Waals surface area contributed by atoms with E-state index < -0.39 is 6.04 Å². The van der Waals surface area contributed by atoms with Gasteiger partial charge in [0.25, 0.3) is 5.91 Å². The number of hydrogen-bond acceptors (Lipinski definition) is 5. The first-order chi connectivity index (χ1) is 14.5. The summed E-state index contributed by atoms with van der Waals surface area (Å²) in [4.78, 5) is 43.2. The van der Waals surface area contributed by atoms with Gasteiger partial charge in [-0.05, 0) is 30.2 Å². The van der Waals surface area contributed by atoms with Crippen molar-refractivity contribution in [3.8, 4) is 11.1 Å². The Morgan fingerprint density at radius 1 is 1.07 bits per heavy atom. The lowest BCUT2D eigenvalue weighted by atomic mass is 10.0. The number of likely N-dealkylation sites (tertiary alicyclic amines) is 1. The summed E-state index contributed by atoms with van der Waals surface area (Å²) in [7, 11) is 1.43. The number of oxime groups is 1. The maximum atomic E-state index is 13.1. The lowest BCUT2D eigenvalue weighted by molar-refractivity contribution is -0.124. The molecule has 1 N–H and O–H groups in total. The van der Waals surface area contributed by atoms with Gasteiger partial charge >= 0.3 is 0 Å². The van der Waals surface area contributed by atoms with Crippen LogP contribution in [0.1, 0.15) is 30.1 Å². The summed E-state index contributed by atoms with van der Waals surface area (Å²) < 4.78 is 0. The topological polar surface area (TPSA) is 88.1 Å². The number of carbonyl (C=O) groups excluding carboxylic acids is 3. The zero-order chi connectivity index (χ0) is 21.5. The van der Waals surface area contributed by atoms with Crippen molar-refractivity contribution >= 4 is 23.3 Å². The van der Waals surface area contributed by atoms with E-state index in [9.17, 15) is 14.4 Å². The predicted octanol–water partition coefficient (Wildman–Crippen LogP) is 2.67. The monoisotopic (exact) mass is 407 g/mol. The second kappa shape index (κ2) is 9.82. The Kier molecular flexibility index (Phi) is 6.95. The van der Waals surface area contributed by atoms with Gasteiger partial charge < -0.3 is 15.1 Å². The standard InChI is InChI=1S/C23H25N3O4/c1-16(27)12-13-24-22(28)21-14-20(25-30-2)15-26(21)23(29)19-10-8-18(9-11-19)17-6-4-3-5-7-17/h3-11,21H,12-15H2,1-2H3,(H,24,28)/t21-/m0/s1. The number of nitrogens with zero attached hydrogens (tertiary/aromatic N) is 2. The molecule has 0 saturated carbocycles. The summed E-state index contributed by atoms with van der Waals surface area (Å²) in [5.74, 6) is -0.552. The van der Waals surface area contributed by atoms with E-state index >= 15 is 0 Å². The smallest absolute Gasteiger partial charge is 0.254 e. The fourth-order valence-corrected chi connectivity index (χ4v) is 3.43. The Hall–Kier alpha value is -3.48. The van der Waals surface area contributed by atoms with Crippen molar-refractivity contribution in [2.45, 2.75) is 25.8 Å². The first-order valence-electron chi connectivity index (χ1n) is 9.82. The zero-order valence-corrected chi connectivity index (χ0v) is 17.1. The molecule has 0 unspecified atom stereocenters. The van der Waals surface area contributed by atoms with E-state index in [0.29, 0.717) is 17.7 Å². The molecular formula is C23H25N3O4. The number of amides is 2. The second-order valence-electron chi connectivity index (χ2n) is 7.18. The normalized spacial score (nSPS) is 17.1. The maximum absolute atomic E-state index is 13.1. The highest BCUT2D eigenvalue weighted by molar-refractivity contribution is 6.05. The van der Waals surface area contributed by atoms with Gasteiger partial charge in [0, 0.05) is 24.9 Å². The van der Waals surface area contributed by atoms with Crippen molar-refractivity contribution in [1.82, 2.24) is 10.2 Å². The highest BCUT2D eigenvalue weighted by Crippen LogP contribution is 2.23. The maximum Gasteiger partial charge on any atom is 0.254 e. The average Bonchev–Trinajstić information content (AvgIpc) is 3.18. The molecule has 1 heterocycles. The molecule has 1 saturated heterocycles. The van der Waals surface area contributed by atoms with Crippen LogP contribution in [0.5, 0.6) is 0 Å². The highest BCUT2D eigenvalue weighted by Gasteiger charge is 2.38. The molecule has 30 heavy (non-hydrogen) atoms. The molecule has 0 aromatic heterocycles. The fraction of sp³-hybridized carbons (Fsp3) is 0.304. The van der Waals surface area contributed by atoms with E-state index in [1.807, 2.05) is 42.5 Å².